The predicted octanol–water partition coefficient (Wildman–Crippen LogP) is 3.24. The molecule has 1 atom stereocenters. The summed E-state index contributed by atoms with van der Waals surface area (Å²) in [5.74, 6) is 0.733. The Morgan fingerprint density at radius 3 is 2.42 bits per heavy atom. The molecule has 0 fully saturated rings. The van der Waals surface area contributed by atoms with E-state index in [-0.39, 0.29) is 23.3 Å². The van der Waals surface area contributed by atoms with Crippen LogP contribution < -0.4 is 0 Å². The van der Waals surface area contributed by atoms with Crippen molar-refractivity contribution in [2.45, 2.75) is 37.6 Å². The first-order valence-electron chi connectivity index (χ1n) is 10.8. The lowest BCUT2D eigenvalue weighted by atomic mass is 10.0. The van der Waals surface area contributed by atoms with Crippen LogP contribution in [0, 0.1) is 11.3 Å². The van der Waals surface area contributed by atoms with Gasteiger partial charge in [-0.3, -0.25) is 4.79 Å². The molecule has 3 rings (SSSR count). The Balaban J connectivity index is 1.77. The standard InChI is InChI=1S/C24H29N5O3S/c1-6-29(17(2)19-9-7-18(16-25)8-10-19)24(30)14-13-23-26-21-15-20(33(31,32)27(3)4)11-12-22(21)28(23)5/h7-12,15,17H,6,13-14H2,1-5H3. The van der Waals surface area contributed by atoms with E-state index in [1.54, 1.807) is 30.3 Å². The molecular formula is C24H29N5O3S. The second-order valence-corrected chi connectivity index (χ2v) is 10.3. The number of imidazole rings is 1. The van der Waals surface area contributed by atoms with Crippen LogP contribution in [0.4, 0.5) is 0 Å². The summed E-state index contributed by atoms with van der Waals surface area (Å²) < 4.78 is 27.9. The third-order valence-corrected chi connectivity index (χ3v) is 7.75. The van der Waals surface area contributed by atoms with Gasteiger partial charge in [0.1, 0.15) is 5.82 Å². The normalized spacial score (nSPS) is 12.6. The SMILES string of the molecule is CCN(C(=O)CCc1nc2cc(S(=O)(=O)N(C)C)ccc2n1C)C(C)c1ccc(C#N)cc1. The van der Waals surface area contributed by atoms with Crippen LogP contribution in [-0.2, 0) is 28.3 Å². The average Bonchev–Trinajstić information content (AvgIpc) is 3.12. The molecule has 1 unspecified atom stereocenters. The molecule has 0 spiro atoms. The van der Waals surface area contributed by atoms with E-state index in [4.69, 9.17) is 5.26 Å². The first-order chi connectivity index (χ1) is 15.6. The summed E-state index contributed by atoms with van der Waals surface area (Å²) >= 11 is 0. The second-order valence-electron chi connectivity index (χ2n) is 8.11. The summed E-state index contributed by atoms with van der Waals surface area (Å²) in [6.07, 6.45) is 0.727. The van der Waals surface area contributed by atoms with Crippen LogP contribution in [0.5, 0.6) is 0 Å². The zero-order chi connectivity index (χ0) is 24.3. The van der Waals surface area contributed by atoms with Gasteiger partial charge in [0.05, 0.1) is 33.6 Å². The van der Waals surface area contributed by atoms with Crippen molar-refractivity contribution in [2.75, 3.05) is 20.6 Å². The zero-order valence-corrected chi connectivity index (χ0v) is 20.4. The Labute approximate surface area is 195 Å². The predicted molar refractivity (Wildman–Crippen MR) is 127 cm³/mol. The molecule has 0 aliphatic carbocycles. The molecule has 8 nitrogen and oxygen atoms in total. The van der Waals surface area contributed by atoms with Crippen LogP contribution in [0.1, 0.15) is 43.3 Å². The fraction of sp³-hybridized carbons (Fsp3) is 0.375. The third kappa shape index (κ3) is 4.92. The van der Waals surface area contributed by atoms with Gasteiger partial charge < -0.3 is 9.47 Å². The molecule has 1 heterocycles. The number of nitriles is 1. The Bertz CT molecular complexity index is 1300. The van der Waals surface area contributed by atoms with Gasteiger partial charge in [0, 0.05) is 40.5 Å². The van der Waals surface area contributed by atoms with Crippen LogP contribution in [0.25, 0.3) is 11.0 Å². The maximum atomic E-state index is 13.0. The van der Waals surface area contributed by atoms with Gasteiger partial charge in [-0.2, -0.15) is 5.26 Å². The van der Waals surface area contributed by atoms with Gasteiger partial charge in [-0.05, 0) is 49.7 Å². The number of carbonyl (C=O) groups is 1. The van der Waals surface area contributed by atoms with Crippen molar-refractivity contribution in [2.24, 2.45) is 7.05 Å². The molecule has 0 saturated heterocycles. The Morgan fingerprint density at radius 1 is 1.18 bits per heavy atom. The van der Waals surface area contributed by atoms with E-state index < -0.39 is 10.0 Å². The first-order valence-corrected chi connectivity index (χ1v) is 12.2. The molecule has 2 aromatic carbocycles. The maximum absolute atomic E-state index is 13.0. The number of carbonyl (C=O) groups excluding carboxylic acids is 1. The summed E-state index contributed by atoms with van der Waals surface area (Å²) in [6.45, 7) is 4.48. The summed E-state index contributed by atoms with van der Waals surface area (Å²) in [6, 6.07) is 14.2. The van der Waals surface area contributed by atoms with Gasteiger partial charge in [-0.1, -0.05) is 12.1 Å². The highest BCUT2D eigenvalue weighted by Gasteiger charge is 2.22. The van der Waals surface area contributed by atoms with Crippen molar-refractivity contribution < 1.29 is 13.2 Å². The summed E-state index contributed by atoms with van der Waals surface area (Å²) in [5, 5.41) is 8.99. The smallest absolute Gasteiger partial charge is 0.242 e. The Kier molecular flexibility index (Phi) is 7.20. The van der Waals surface area contributed by atoms with Gasteiger partial charge in [-0.25, -0.2) is 17.7 Å². The lowest BCUT2D eigenvalue weighted by Crippen LogP contribution is -2.33. The van der Waals surface area contributed by atoms with Gasteiger partial charge in [0.25, 0.3) is 0 Å². The van der Waals surface area contributed by atoms with Crippen LogP contribution in [0.15, 0.2) is 47.4 Å². The fourth-order valence-electron chi connectivity index (χ4n) is 3.87. The average molecular weight is 468 g/mol. The van der Waals surface area contributed by atoms with Crippen molar-refractivity contribution in [3.05, 3.63) is 59.4 Å². The summed E-state index contributed by atoms with van der Waals surface area (Å²) in [4.78, 5) is 19.6. The summed E-state index contributed by atoms with van der Waals surface area (Å²) in [7, 11) is 1.31. The minimum Gasteiger partial charge on any atom is -0.336 e. The van der Waals surface area contributed by atoms with Gasteiger partial charge >= 0.3 is 0 Å². The third-order valence-electron chi connectivity index (χ3n) is 5.94. The topological polar surface area (TPSA) is 99.3 Å². The highest BCUT2D eigenvalue weighted by atomic mass is 32.2. The number of aryl methyl sites for hydroxylation is 2. The zero-order valence-electron chi connectivity index (χ0n) is 19.6. The summed E-state index contributed by atoms with van der Waals surface area (Å²) in [5.41, 5.74) is 2.96. The number of nitrogens with zero attached hydrogens (tertiary/aromatic N) is 5. The number of aromatic nitrogens is 2. The molecule has 1 amide bonds. The highest BCUT2D eigenvalue weighted by molar-refractivity contribution is 7.89. The molecule has 174 valence electrons. The van der Waals surface area contributed by atoms with Gasteiger partial charge in [-0.15, -0.1) is 0 Å². The van der Waals surface area contributed by atoms with Crippen molar-refractivity contribution in [3.8, 4) is 6.07 Å². The van der Waals surface area contributed by atoms with E-state index in [0.717, 1.165) is 16.9 Å². The van der Waals surface area contributed by atoms with Crippen molar-refractivity contribution >= 4 is 27.0 Å². The Hall–Kier alpha value is -3.22. The molecule has 0 aliphatic heterocycles. The monoisotopic (exact) mass is 467 g/mol. The maximum Gasteiger partial charge on any atom is 0.242 e. The van der Waals surface area contributed by atoms with Crippen LogP contribution in [0.3, 0.4) is 0 Å². The number of hydrogen-bond donors (Lipinski definition) is 0. The molecule has 0 bridgehead atoms. The van der Waals surface area contributed by atoms with Crippen LogP contribution >= 0.6 is 0 Å². The quantitative estimate of drug-likeness (QED) is 0.506. The number of rotatable bonds is 8. The Morgan fingerprint density at radius 2 is 1.85 bits per heavy atom. The van der Waals surface area contributed by atoms with E-state index in [0.29, 0.717) is 24.0 Å². The number of benzene rings is 2. The molecular weight excluding hydrogens is 438 g/mol. The lowest BCUT2D eigenvalue weighted by Gasteiger charge is -2.28. The van der Waals surface area contributed by atoms with Gasteiger partial charge in [0.15, 0.2) is 0 Å². The fourth-order valence-corrected chi connectivity index (χ4v) is 4.79. The van der Waals surface area contributed by atoms with Crippen molar-refractivity contribution in [3.63, 3.8) is 0 Å². The number of fused-ring (bicyclic) bond motifs is 1. The number of amides is 1. The lowest BCUT2D eigenvalue weighted by molar-refractivity contribution is -0.133. The molecule has 9 heteroatoms. The highest BCUT2D eigenvalue weighted by Crippen LogP contribution is 2.24. The molecule has 0 aliphatic rings. The first kappa shape index (κ1) is 24.4. The van der Waals surface area contributed by atoms with E-state index in [1.165, 1.54) is 18.4 Å². The van der Waals surface area contributed by atoms with E-state index in [1.807, 2.05) is 42.5 Å². The van der Waals surface area contributed by atoms with Gasteiger partial charge in [0.2, 0.25) is 15.9 Å². The molecule has 33 heavy (non-hydrogen) atoms. The molecule has 0 saturated carbocycles. The van der Waals surface area contributed by atoms with E-state index >= 15 is 0 Å². The molecule has 3 aromatic rings. The van der Waals surface area contributed by atoms with Crippen LogP contribution in [0.2, 0.25) is 0 Å². The molecule has 0 radical (unpaired) electrons. The number of hydrogen-bond acceptors (Lipinski definition) is 5. The van der Waals surface area contributed by atoms with E-state index in [2.05, 4.69) is 11.1 Å². The largest absolute Gasteiger partial charge is 0.336 e. The van der Waals surface area contributed by atoms with Crippen molar-refractivity contribution in [1.82, 2.24) is 18.8 Å². The minimum absolute atomic E-state index is 0.0114. The molecule has 1 aromatic heterocycles. The minimum atomic E-state index is -3.55. The van der Waals surface area contributed by atoms with Crippen LogP contribution in [-0.4, -0.2) is 53.7 Å². The number of sulfonamides is 1. The second kappa shape index (κ2) is 9.73. The van der Waals surface area contributed by atoms with Crippen molar-refractivity contribution in [1.29, 1.82) is 5.26 Å². The molecule has 0 N–H and O–H groups in total. The van der Waals surface area contributed by atoms with E-state index in [9.17, 15) is 13.2 Å².